The highest BCUT2D eigenvalue weighted by Gasteiger charge is 2.09. The maximum Gasteiger partial charge on any atom is 0.291 e. The zero-order valence-electron chi connectivity index (χ0n) is 14.9. The monoisotopic (exact) mass is 364 g/mol. The number of ether oxygens (including phenoxy) is 1. The largest absolute Gasteiger partial charge is 0.484 e. The van der Waals surface area contributed by atoms with E-state index in [4.69, 9.17) is 9.15 Å². The third-order valence-corrected chi connectivity index (χ3v) is 3.84. The van der Waals surface area contributed by atoms with E-state index in [-0.39, 0.29) is 24.2 Å². The highest BCUT2D eigenvalue weighted by molar-refractivity contribution is 6.02. The Hall–Kier alpha value is -3.54. The summed E-state index contributed by atoms with van der Waals surface area (Å²) in [4.78, 5) is 23.8. The number of benzene rings is 2. The van der Waals surface area contributed by atoms with Gasteiger partial charge < -0.3 is 19.8 Å². The van der Waals surface area contributed by atoms with Crippen molar-refractivity contribution in [3.63, 3.8) is 0 Å². The van der Waals surface area contributed by atoms with Crippen LogP contribution in [-0.2, 0) is 11.3 Å². The number of carbonyl (C=O) groups is 2. The third-order valence-electron chi connectivity index (χ3n) is 3.84. The number of furan rings is 1. The first-order valence-electron chi connectivity index (χ1n) is 8.50. The van der Waals surface area contributed by atoms with Gasteiger partial charge in [0.1, 0.15) is 5.75 Å². The van der Waals surface area contributed by atoms with Crippen LogP contribution >= 0.6 is 0 Å². The maximum atomic E-state index is 11.9. The van der Waals surface area contributed by atoms with Gasteiger partial charge in [-0.25, -0.2) is 0 Å². The number of carbonyl (C=O) groups excluding carboxylic acids is 2. The van der Waals surface area contributed by atoms with Gasteiger partial charge in [-0.2, -0.15) is 0 Å². The molecule has 6 nitrogen and oxygen atoms in total. The molecule has 138 valence electrons. The Kier molecular flexibility index (Phi) is 5.89. The normalized spacial score (nSPS) is 10.3. The SMILES string of the molecule is Cc1ccc(CNC(=O)COc2ccc(NC(=O)c3ccco3)cc2)cc1. The summed E-state index contributed by atoms with van der Waals surface area (Å²) in [6.07, 6.45) is 1.44. The molecule has 0 fully saturated rings. The van der Waals surface area contributed by atoms with Crippen LogP contribution in [-0.4, -0.2) is 18.4 Å². The molecule has 0 spiro atoms. The lowest BCUT2D eigenvalue weighted by Crippen LogP contribution is -2.28. The van der Waals surface area contributed by atoms with E-state index >= 15 is 0 Å². The molecule has 0 unspecified atom stereocenters. The first-order chi connectivity index (χ1) is 13.1. The third kappa shape index (κ3) is 5.47. The molecule has 2 N–H and O–H groups in total. The van der Waals surface area contributed by atoms with Crippen molar-refractivity contribution in [2.75, 3.05) is 11.9 Å². The van der Waals surface area contributed by atoms with E-state index in [1.807, 2.05) is 31.2 Å². The van der Waals surface area contributed by atoms with Crippen molar-refractivity contribution >= 4 is 17.5 Å². The average molecular weight is 364 g/mol. The summed E-state index contributed by atoms with van der Waals surface area (Å²) in [6.45, 7) is 2.40. The Morgan fingerprint density at radius 2 is 1.74 bits per heavy atom. The lowest BCUT2D eigenvalue weighted by atomic mass is 10.1. The standard InChI is InChI=1S/C21H20N2O4/c1-15-4-6-16(7-5-15)13-22-20(24)14-27-18-10-8-17(9-11-18)23-21(25)19-3-2-12-26-19/h2-12H,13-14H2,1H3,(H,22,24)(H,23,25). The molecule has 6 heteroatoms. The number of anilines is 1. The van der Waals surface area contributed by atoms with E-state index in [0.717, 1.165) is 5.56 Å². The van der Waals surface area contributed by atoms with Gasteiger partial charge >= 0.3 is 0 Å². The molecule has 0 saturated carbocycles. The molecule has 0 radical (unpaired) electrons. The van der Waals surface area contributed by atoms with Crippen LogP contribution in [0.15, 0.2) is 71.3 Å². The van der Waals surface area contributed by atoms with Crippen LogP contribution in [0, 0.1) is 6.92 Å². The molecule has 0 saturated heterocycles. The molecule has 27 heavy (non-hydrogen) atoms. The van der Waals surface area contributed by atoms with Gasteiger partial charge in [-0.1, -0.05) is 29.8 Å². The van der Waals surface area contributed by atoms with Crippen LogP contribution in [0.4, 0.5) is 5.69 Å². The van der Waals surface area contributed by atoms with Crippen molar-refractivity contribution in [2.45, 2.75) is 13.5 Å². The lowest BCUT2D eigenvalue weighted by molar-refractivity contribution is -0.123. The van der Waals surface area contributed by atoms with E-state index in [1.165, 1.54) is 11.8 Å². The van der Waals surface area contributed by atoms with E-state index in [2.05, 4.69) is 10.6 Å². The Morgan fingerprint density at radius 1 is 1.00 bits per heavy atom. The second kappa shape index (κ2) is 8.71. The maximum absolute atomic E-state index is 11.9. The van der Waals surface area contributed by atoms with E-state index < -0.39 is 0 Å². The fourth-order valence-corrected chi connectivity index (χ4v) is 2.34. The van der Waals surface area contributed by atoms with Crippen LogP contribution in [0.5, 0.6) is 5.75 Å². The van der Waals surface area contributed by atoms with Crippen molar-refractivity contribution in [2.24, 2.45) is 0 Å². The molecule has 0 aliphatic rings. The van der Waals surface area contributed by atoms with Crippen LogP contribution in [0.1, 0.15) is 21.7 Å². The van der Waals surface area contributed by atoms with Gasteiger partial charge in [0.05, 0.1) is 6.26 Å². The molecular formula is C21H20N2O4. The highest BCUT2D eigenvalue weighted by Crippen LogP contribution is 2.16. The van der Waals surface area contributed by atoms with E-state index in [1.54, 1.807) is 36.4 Å². The van der Waals surface area contributed by atoms with Crippen molar-refractivity contribution in [1.82, 2.24) is 5.32 Å². The quantitative estimate of drug-likeness (QED) is 0.672. The minimum Gasteiger partial charge on any atom is -0.484 e. The molecule has 2 amide bonds. The zero-order valence-corrected chi connectivity index (χ0v) is 14.9. The molecule has 0 aliphatic carbocycles. The van der Waals surface area contributed by atoms with Gasteiger partial charge in [0.15, 0.2) is 12.4 Å². The van der Waals surface area contributed by atoms with Gasteiger partial charge in [-0.15, -0.1) is 0 Å². The van der Waals surface area contributed by atoms with Crippen molar-refractivity contribution in [1.29, 1.82) is 0 Å². The molecule has 3 aromatic rings. The summed E-state index contributed by atoms with van der Waals surface area (Å²) in [5.74, 6) is 0.243. The second-order valence-electron chi connectivity index (χ2n) is 6.01. The predicted molar refractivity (Wildman–Crippen MR) is 102 cm³/mol. The van der Waals surface area contributed by atoms with E-state index in [0.29, 0.717) is 18.0 Å². The molecule has 0 atom stereocenters. The second-order valence-corrected chi connectivity index (χ2v) is 6.01. The van der Waals surface area contributed by atoms with Crippen molar-refractivity contribution in [3.8, 4) is 5.75 Å². The fourth-order valence-electron chi connectivity index (χ4n) is 2.34. The summed E-state index contributed by atoms with van der Waals surface area (Å²) in [7, 11) is 0. The summed E-state index contributed by atoms with van der Waals surface area (Å²) in [6, 6.07) is 18.0. The summed E-state index contributed by atoms with van der Waals surface area (Å²) in [5, 5.41) is 5.52. The van der Waals surface area contributed by atoms with Gasteiger partial charge in [-0.05, 0) is 48.9 Å². The van der Waals surface area contributed by atoms with Crippen LogP contribution < -0.4 is 15.4 Å². The number of hydrogen-bond acceptors (Lipinski definition) is 4. The fraction of sp³-hybridized carbons (Fsp3) is 0.143. The Bertz CT molecular complexity index is 885. The Balaban J connectivity index is 1.43. The number of aryl methyl sites for hydroxylation is 1. The predicted octanol–water partition coefficient (Wildman–Crippen LogP) is 3.54. The minimum absolute atomic E-state index is 0.0794. The van der Waals surface area contributed by atoms with Crippen molar-refractivity contribution < 1.29 is 18.7 Å². The number of nitrogens with one attached hydrogen (secondary N) is 2. The van der Waals surface area contributed by atoms with Gasteiger partial charge in [0.2, 0.25) is 0 Å². The summed E-state index contributed by atoms with van der Waals surface area (Å²) >= 11 is 0. The van der Waals surface area contributed by atoms with Crippen LogP contribution in [0.25, 0.3) is 0 Å². The van der Waals surface area contributed by atoms with Crippen molar-refractivity contribution in [3.05, 3.63) is 83.8 Å². The number of rotatable bonds is 7. The smallest absolute Gasteiger partial charge is 0.291 e. The van der Waals surface area contributed by atoms with Gasteiger partial charge in [0, 0.05) is 12.2 Å². The first kappa shape index (κ1) is 18.3. The zero-order chi connectivity index (χ0) is 19.1. The molecule has 1 heterocycles. The van der Waals surface area contributed by atoms with E-state index in [9.17, 15) is 9.59 Å². The topological polar surface area (TPSA) is 80.6 Å². The lowest BCUT2D eigenvalue weighted by Gasteiger charge is -2.09. The molecule has 2 aromatic carbocycles. The Labute approximate surface area is 157 Å². The average Bonchev–Trinajstić information content (AvgIpc) is 3.22. The van der Waals surface area contributed by atoms with Gasteiger partial charge in [-0.3, -0.25) is 9.59 Å². The van der Waals surface area contributed by atoms with Crippen LogP contribution in [0.2, 0.25) is 0 Å². The minimum atomic E-state index is -0.329. The summed E-state index contributed by atoms with van der Waals surface area (Å²) < 4.78 is 10.5. The number of hydrogen-bond donors (Lipinski definition) is 2. The van der Waals surface area contributed by atoms with Crippen LogP contribution in [0.3, 0.4) is 0 Å². The van der Waals surface area contributed by atoms with Gasteiger partial charge in [0.25, 0.3) is 11.8 Å². The molecule has 0 bridgehead atoms. The molecule has 0 aliphatic heterocycles. The summed E-state index contributed by atoms with van der Waals surface area (Å²) in [5.41, 5.74) is 2.82. The Morgan fingerprint density at radius 3 is 2.41 bits per heavy atom. The highest BCUT2D eigenvalue weighted by atomic mass is 16.5. The number of amides is 2. The molecule has 3 rings (SSSR count). The first-order valence-corrected chi connectivity index (χ1v) is 8.50. The molecular weight excluding hydrogens is 344 g/mol. The molecule has 1 aromatic heterocycles.